The van der Waals surface area contributed by atoms with Gasteiger partial charge in [0, 0.05) is 5.56 Å². The summed E-state index contributed by atoms with van der Waals surface area (Å²) in [5.74, 6) is 1.43. The Hall–Kier alpha value is -4.46. The average molecular weight is 483 g/mol. The van der Waals surface area contributed by atoms with E-state index in [1.807, 2.05) is 69.3 Å². The molecular formula is C28H26N4O4. The SMILES string of the molecule is Cc1ccc(Cn2c(=O)c3ccccc3n(Cc3nc(-c4ccc(OC(C)C)cc4)no3)c2=O)cc1. The van der Waals surface area contributed by atoms with Crippen molar-refractivity contribution >= 4 is 10.9 Å². The van der Waals surface area contributed by atoms with E-state index in [4.69, 9.17) is 9.26 Å². The summed E-state index contributed by atoms with van der Waals surface area (Å²) in [4.78, 5) is 31.2. The maximum absolute atomic E-state index is 13.5. The first-order valence-corrected chi connectivity index (χ1v) is 11.8. The highest BCUT2D eigenvalue weighted by Gasteiger charge is 2.17. The Labute approximate surface area is 207 Å². The van der Waals surface area contributed by atoms with Crippen LogP contribution in [0, 0.1) is 6.92 Å². The summed E-state index contributed by atoms with van der Waals surface area (Å²) < 4.78 is 13.9. The Morgan fingerprint density at radius 2 is 1.61 bits per heavy atom. The van der Waals surface area contributed by atoms with Crippen molar-refractivity contribution in [2.24, 2.45) is 0 Å². The Morgan fingerprint density at radius 3 is 2.33 bits per heavy atom. The average Bonchev–Trinajstić information content (AvgIpc) is 3.34. The molecule has 0 aliphatic rings. The van der Waals surface area contributed by atoms with Crippen molar-refractivity contribution in [3.8, 4) is 17.1 Å². The largest absolute Gasteiger partial charge is 0.491 e. The number of nitrogens with zero attached hydrogens (tertiary/aromatic N) is 4. The van der Waals surface area contributed by atoms with Gasteiger partial charge in [0.2, 0.25) is 11.7 Å². The van der Waals surface area contributed by atoms with Crippen molar-refractivity contribution in [1.29, 1.82) is 0 Å². The predicted molar refractivity (Wildman–Crippen MR) is 137 cm³/mol. The number of fused-ring (bicyclic) bond motifs is 1. The van der Waals surface area contributed by atoms with Crippen molar-refractivity contribution < 1.29 is 9.26 Å². The molecule has 0 spiro atoms. The fourth-order valence-electron chi connectivity index (χ4n) is 4.07. The zero-order chi connectivity index (χ0) is 25.2. The summed E-state index contributed by atoms with van der Waals surface area (Å²) in [5, 5.41) is 4.54. The molecule has 0 unspecified atom stereocenters. The van der Waals surface area contributed by atoms with Crippen LogP contribution in [0.5, 0.6) is 5.75 Å². The van der Waals surface area contributed by atoms with Gasteiger partial charge < -0.3 is 9.26 Å². The normalized spacial score (nSPS) is 11.3. The second-order valence-electron chi connectivity index (χ2n) is 8.97. The van der Waals surface area contributed by atoms with Crippen LogP contribution in [0.4, 0.5) is 0 Å². The van der Waals surface area contributed by atoms with Crippen LogP contribution < -0.4 is 16.0 Å². The van der Waals surface area contributed by atoms with Crippen molar-refractivity contribution in [3.05, 3.63) is 111 Å². The molecule has 5 rings (SSSR count). The zero-order valence-electron chi connectivity index (χ0n) is 20.3. The molecule has 0 saturated carbocycles. The number of ether oxygens (including phenoxy) is 1. The highest BCUT2D eigenvalue weighted by Crippen LogP contribution is 2.21. The van der Waals surface area contributed by atoms with Gasteiger partial charge in [-0.25, -0.2) is 4.79 Å². The van der Waals surface area contributed by atoms with E-state index in [0.717, 1.165) is 22.4 Å². The van der Waals surface area contributed by atoms with E-state index in [1.165, 1.54) is 9.13 Å². The molecule has 0 saturated heterocycles. The van der Waals surface area contributed by atoms with Gasteiger partial charge in [0.05, 0.1) is 23.6 Å². The van der Waals surface area contributed by atoms with Gasteiger partial charge >= 0.3 is 5.69 Å². The highest BCUT2D eigenvalue weighted by molar-refractivity contribution is 5.77. The quantitative estimate of drug-likeness (QED) is 0.341. The number of aromatic nitrogens is 4. The van der Waals surface area contributed by atoms with E-state index in [1.54, 1.807) is 24.3 Å². The number of aryl methyl sites for hydroxylation is 1. The number of hydrogen-bond acceptors (Lipinski definition) is 6. The van der Waals surface area contributed by atoms with Crippen molar-refractivity contribution in [2.45, 2.75) is 40.0 Å². The Morgan fingerprint density at radius 1 is 0.889 bits per heavy atom. The lowest BCUT2D eigenvalue weighted by atomic mass is 10.1. The Bertz CT molecular complexity index is 1630. The minimum absolute atomic E-state index is 0.0368. The van der Waals surface area contributed by atoms with Crippen molar-refractivity contribution in [1.82, 2.24) is 19.3 Å². The first-order chi connectivity index (χ1) is 17.4. The molecule has 0 N–H and O–H groups in total. The fourth-order valence-corrected chi connectivity index (χ4v) is 4.07. The molecule has 8 heteroatoms. The van der Waals surface area contributed by atoms with Gasteiger partial charge in [0.1, 0.15) is 12.3 Å². The molecule has 5 aromatic rings. The summed E-state index contributed by atoms with van der Waals surface area (Å²) in [5.41, 5.74) is 2.49. The topological polar surface area (TPSA) is 92.2 Å². The van der Waals surface area contributed by atoms with Crippen molar-refractivity contribution in [3.63, 3.8) is 0 Å². The molecule has 36 heavy (non-hydrogen) atoms. The number of benzene rings is 3. The lowest BCUT2D eigenvalue weighted by Crippen LogP contribution is -2.40. The smallest absolute Gasteiger partial charge is 0.332 e. The molecule has 0 aliphatic carbocycles. The molecule has 2 heterocycles. The Balaban J connectivity index is 1.50. The third-order valence-corrected chi connectivity index (χ3v) is 5.84. The predicted octanol–water partition coefficient (Wildman–Crippen LogP) is 4.41. The molecular weight excluding hydrogens is 456 g/mol. The molecule has 0 bridgehead atoms. The summed E-state index contributed by atoms with van der Waals surface area (Å²) in [6.07, 6.45) is 0.0787. The lowest BCUT2D eigenvalue weighted by Gasteiger charge is -2.13. The van der Waals surface area contributed by atoms with Gasteiger partial charge in [-0.3, -0.25) is 13.9 Å². The summed E-state index contributed by atoms with van der Waals surface area (Å²) >= 11 is 0. The van der Waals surface area contributed by atoms with E-state index >= 15 is 0 Å². The van der Waals surface area contributed by atoms with Crippen LogP contribution in [0.25, 0.3) is 22.3 Å². The van der Waals surface area contributed by atoms with E-state index in [9.17, 15) is 9.59 Å². The maximum atomic E-state index is 13.5. The van der Waals surface area contributed by atoms with Crippen molar-refractivity contribution in [2.75, 3.05) is 0 Å². The zero-order valence-corrected chi connectivity index (χ0v) is 20.3. The summed E-state index contributed by atoms with van der Waals surface area (Å²) in [6, 6.07) is 22.2. The highest BCUT2D eigenvalue weighted by atomic mass is 16.5. The monoisotopic (exact) mass is 482 g/mol. The van der Waals surface area contributed by atoms with Gasteiger partial charge in [0.15, 0.2) is 0 Å². The minimum Gasteiger partial charge on any atom is -0.491 e. The maximum Gasteiger partial charge on any atom is 0.332 e. The lowest BCUT2D eigenvalue weighted by molar-refractivity contribution is 0.242. The van der Waals surface area contributed by atoms with Crippen LogP contribution in [0.2, 0.25) is 0 Å². The number of para-hydroxylation sites is 1. The standard InChI is InChI=1S/C28H26N4O4/c1-18(2)35-22-14-12-21(13-15-22)26-29-25(36-30-26)17-31-24-7-5-4-6-23(24)27(33)32(28(31)34)16-20-10-8-19(3)9-11-20/h4-15,18H,16-17H2,1-3H3. The van der Waals surface area contributed by atoms with Crippen LogP contribution in [-0.2, 0) is 13.1 Å². The van der Waals surface area contributed by atoms with Crippen LogP contribution in [0.3, 0.4) is 0 Å². The van der Waals surface area contributed by atoms with E-state index in [-0.39, 0.29) is 30.6 Å². The molecule has 0 amide bonds. The van der Waals surface area contributed by atoms with E-state index in [0.29, 0.717) is 16.7 Å². The second-order valence-corrected chi connectivity index (χ2v) is 8.97. The molecule has 182 valence electrons. The number of hydrogen-bond donors (Lipinski definition) is 0. The second kappa shape index (κ2) is 9.65. The van der Waals surface area contributed by atoms with Gasteiger partial charge in [-0.2, -0.15) is 4.98 Å². The van der Waals surface area contributed by atoms with Crippen LogP contribution in [0.15, 0.2) is 86.9 Å². The first-order valence-electron chi connectivity index (χ1n) is 11.8. The molecule has 3 aromatic carbocycles. The van der Waals surface area contributed by atoms with Crippen LogP contribution in [0.1, 0.15) is 30.9 Å². The minimum atomic E-state index is -0.436. The van der Waals surface area contributed by atoms with Gasteiger partial charge in [0.25, 0.3) is 5.56 Å². The van der Waals surface area contributed by atoms with Gasteiger partial charge in [-0.15, -0.1) is 0 Å². The van der Waals surface area contributed by atoms with E-state index < -0.39 is 5.69 Å². The van der Waals surface area contributed by atoms with Gasteiger partial charge in [-0.1, -0.05) is 47.1 Å². The molecule has 0 radical (unpaired) electrons. The third-order valence-electron chi connectivity index (χ3n) is 5.84. The molecule has 2 aromatic heterocycles. The van der Waals surface area contributed by atoms with Crippen LogP contribution in [-0.4, -0.2) is 25.4 Å². The Kier molecular flexibility index (Phi) is 6.25. The molecule has 0 atom stereocenters. The van der Waals surface area contributed by atoms with Crippen LogP contribution >= 0.6 is 0 Å². The van der Waals surface area contributed by atoms with Gasteiger partial charge in [-0.05, 0) is 62.7 Å². The summed E-state index contributed by atoms with van der Waals surface area (Å²) in [7, 11) is 0. The molecule has 0 fully saturated rings. The molecule has 0 aliphatic heterocycles. The number of rotatable bonds is 7. The molecule has 8 nitrogen and oxygen atoms in total. The fraction of sp³-hybridized carbons (Fsp3) is 0.214. The first kappa shape index (κ1) is 23.3. The summed E-state index contributed by atoms with van der Waals surface area (Å²) in [6.45, 7) is 6.13. The third kappa shape index (κ3) is 4.70. The van der Waals surface area contributed by atoms with E-state index in [2.05, 4.69) is 10.1 Å².